The van der Waals surface area contributed by atoms with E-state index in [-0.39, 0.29) is 5.82 Å². The van der Waals surface area contributed by atoms with Gasteiger partial charge in [-0.2, -0.15) is 5.26 Å². The minimum absolute atomic E-state index is 0.313. The van der Waals surface area contributed by atoms with Gasteiger partial charge in [-0.3, -0.25) is 0 Å². The van der Waals surface area contributed by atoms with Crippen molar-refractivity contribution in [2.75, 3.05) is 0 Å². The molecule has 0 aliphatic heterocycles. The third kappa shape index (κ3) is 3.63. The van der Waals surface area contributed by atoms with Crippen molar-refractivity contribution in [1.82, 2.24) is 0 Å². The predicted octanol–water partition coefficient (Wildman–Crippen LogP) is 5.30. The average Bonchev–Trinajstić information content (AvgIpc) is 2.41. The number of hydrogen-bond donors (Lipinski definition) is 0. The van der Waals surface area contributed by atoms with Gasteiger partial charge in [-0.1, -0.05) is 23.2 Å². The second-order valence-corrected chi connectivity index (χ2v) is 5.65. The zero-order valence-corrected chi connectivity index (χ0v) is 12.0. The molecule has 0 N–H and O–H groups in total. The maximum Gasteiger partial charge on any atom is 0.127 e. The summed E-state index contributed by atoms with van der Waals surface area (Å²) < 4.78 is 13.6. The molecule has 2 aromatic carbocycles. The van der Waals surface area contributed by atoms with E-state index in [1.54, 1.807) is 18.2 Å². The zero-order chi connectivity index (χ0) is 13.8. The van der Waals surface area contributed by atoms with Gasteiger partial charge in [0.2, 0.25) is 0 Å². The quantitative estimate of drug-likeness (QED) is 0.718. The maximum atomic E-state index is 13.6. The molecule has 2 rings (SSSR count). The Morgan fingerprint density at radius 3 is 2.58 bits per heavy atom. The number of nitrogens with zero attached hydrogens (tertiary/aromatic N) is 1. The van der Waals surface area contributed by atoms with E-state index in [9.17, 15) is 4.39 Å². The second-order valence-electron chi connectivity index (χ2n) is 3.78. The van der Waals surface area contributed by atoms with Crippen LogP contribution in [-0.2, 0) is 5.75 Å². The van der Waals surface area contributed by atoms with Crippen molar-refractivity contribution in [2.45, 2.75) is 10.6 Å². The van der Waals surface area contributed by atoms with Crippen molar-refractivity contribution in [3.8, 4) is 6.07 Å². The van der Waals surface area contributed by atoms with Crippen molar-refractivity contribution >= 4 is 35.0 Å². The summed E-state index contributed by atoms with van der Waals surface area (Å²) in [4.78, 5) is 0.899. The topological polar surface area (TPSA) is 23.8 Å². The van der Waals surface area contributed by atoms with E-state index in [1.807, 2.05) is 12.1 Å². The first kappa shape index (κ1) is 14.2. The molecule has 0 bridgehead atoms. The summed E-state index contributed by atoms with van der Waals surface area (Å²) in [6.45, 7) is 0. The van der Waals surface area contributed by atoms with Crippen LogP contribution >= 0.6 is 35.0 Å². The van der Waals surface area contributed by atoms with Gasteiger partial charge in [-0.25, -0.2) is 4.39 Å². The average molecular weight is 312 g/mol. The molecule has 0 aliphatic carbocycles. The van der Waals surface area contributed by atoms with Gasteiger partial charge >= 0.3 is 0 Å². The van der Waals surface area contributed by atoms with E-state index in [2.05, 4.69) is 0 Å². The Labute approximate surface area is 125 Å². The molecule has 1 nitrogen and oxygen atoms in total. The van der Waals surface area contributed by atoms with Crippen LogP contribution in [0.4, 0.5) is 4.39 Å². The first-order chi connectivity index (χ1) is 9.10. The van der Waals surface area contributed by atoms with E-state index >= 15 is 0 Å². The lowest BCUT2D eigenvalue weighted by atomic mass is 10.1. The first-order valence-corrected chi connectivity index (χ1v) is 7.10. The highest BCUT2D eigenvalue weighted by molar-refractivity contribution is 7.98. The molecule has 0 fully saturated rings. The fourth-order valence-electron chi connectivity index (χ4n) is 1.48. The smallest absolute Gasteiger partial charge is 0.127 e. The van der Waals surface area contributed by atoms with Gasteiger partial charge < -0.3 is 0 Å². The number of benzene rings is 2. The Bertz CT molecular complexity index is 652. The van der Waals surface area contributed by atoms with Crippen LogP contribution in [0.1, 0.15) is 11.1 Å². The summed E-state index contributed by atoms with van der Waals surface area (Å²) in [5.74, 6) is 0.117. The van der Waals surface area contributed by atoms with E-state index in [1.165, 1.54) is 23.9 Å². The fourth-order valence-corrected chi connectivity index (χ4v) is 2.75. The van der Waals surface area contributed by atoms with Crippen LogP contribution in [0.25, 0.3) is 0 Å². The van der Waals surface area contributed by atoms with Crippen LogP contribution in [0.3, 0.4) is 0 Å². The standard InChI is InChI=1S/C14H8Cl2FNS/c15-12-3-2-11(6-13(12)16)19-8-10-5-9(7-18)1-4-14(10)17/h1-6H,8H2. The third-order valence-electron chi connectivity index (χ3n) is 2.46. The largest absolute Gasteiger partial charge is 0.207 e. The number of thioether (sulfide) groups is 1. The Morgan fingerprint density at radius 1 is 1.11 bits per heavy atom. The van der Waals surface area contributed by atoms with Crippen LogP contribution in [0, 0.1) is 17.1 Å². The Morgan fingerprint density at radius 2 is 1.89 bits per heavy atom. The lowest BCUT2D eigenvalue weighted by Crippen LogP contribution is -1.89. The van der Waals surface area contributed by atoms with Crippen molar-refractivity contribution < 1.29 is 4.39 Å². The Kier molecular flexibility index (Phi) is 4.71. The van der Waals surface area contributed by atoms with E-state index < -0.39 is 0 Å². The monoisotopic (exact) mass is 311 g/mol. The van der Waals surface area contributed by atoms with Gasteiger partial charge in [0.05, 0.1) is 21.7 Å². The predicted molar refractivity (Wildman–Crippen MR) is 77.1 cm³/mol. The van der Waals surface area contributed by atoms with Gasteiger partial charge in [-0.15, -0.1) is 11.8 Å². The lowest BCUT2D eigenvalue weighted by Gasteiger charge is -2.05. The molecule has 0 atom stereocenters. The van der Waals surface area contributed by atoms with Crippen molar-refractivity contribution in [1.29, 1.82) is 5.26 Å². The summed E-state index contributed by atoms with van der Waals surface area (Å²) >= 11 is 13.2. The minimum Gasteiger partial charge on any atom is -0.207 e. The van der Waals surface area contributed by atoms with Gasteiger partial charge in [0.25, 0.3) is 0 Å². The van der Waals surface area contributed by atoms with Gasteiger partial charge in [0.15, 0.2) is 0 Å². The van der Waals surface area contributed by atoms with Crippen LogP contribution in [0.2, 0.25) is 10.0 Å². The molecule has 0 unspecified atom stereocenters. The summed E-state index contributed by atoms with van der Waals surface area (Å²) in [6.07, 6.45) is 0. The van der Waals surface area contributed by atoms with Crippen molar-refractivity contribution in [2.24, 2.45) is 0 Å². The van der Waals surface area contributed by atoms with Gasteiger partial charge in [0.1, 0.15) is 5.82 Å². The fraction of sp³-hybridized carbons (Fsp3) is 0.0714. The van der Waals surface area contributed by atoms with Crippen molar-refractivity contribution in [3.05, 3.63) is 63.4 Å². The molecule has 0 aliphatic rings. The van der Waals surface area contributed by atoms with Crippen LogP contribution < -0.4 is 0 Å². The molecule has 96 valence electrons. The van der Waals surface area contributed by atoms with Crippen LogP contribution in [-0.4, -0.2) is 0 Å². The molecular weight excluding hydrogens is 304 g/mol. The highest BCUT2D eigenvalue weighted by Gasteiger charge is 2.06. The highest BCUT2D eigenvalue weighted by Crippen LogP contribution is 2.30. The molecule has 5 heteroatoms. The number of hydrogen-bond acceptors (Lipinski definition) is 2. The normalized spacial score (nSPS) is 10.2. The zero-order valence-electron chi connectivity index (χ0n) is 9.66. The third-order valence-corrected chi connectivity index (χ3v) is 4.24. The highest BCUT2D eigenvalue weighted by atomic mass is 35.5. The second kappa shape index (κ2) is 6.29. The van der Waals surface area contributed by atoms with E-state index in [0.29, 0.717) is 26.9 Å². The molecule has 2 aromatic rings. The van der Waals surface area contributed by atoms with Gasteiger partial charge in [-0.05, 0) is 42.0 Å². The molecule has 0 heterocycles. The lowest BCUT2D eigenvalue weighted by molar-refractivity contribution is 0.617. The Hall–Kier alpha value is -1.21. The molecule has 0 radical (unpaired) electrons. The summed E-state index contributed by atoms with van der Waals surface area (Å²) in [5.41, 5.74) is 0.946. The first-order valence-electron chi connectivity index (χ1n) is 5.36. The maximum absolute atomic E-state index is 13.6. The number of halogens is 3. The summed E-state index contributed by atoms with van der Waals surface area (Å²) in [6, 6.07) is 11.6. The van der Waals surface area contributed by atoms with Gasteiger partial charge in [0, 0.05) is 10.6 Å². The molecule has 19 heavy (non-hydrogen) atoms. The van der Waals surface area contributed by atoms with E-state index in [0.717, 1.165) is 4.90 Å². The molecule has 0 saturated carbocycles. The van der Waals surface area contributed by atoms with Crippen molar-refractivity contribution in [3.63, 3.8) is 0 Å². The Balaban J connectivity index is 2.14. The minimum atomic E-state index is -0.313. The molecule has 0 aromatic heterocycles. The molecule has 0 saturated heterocycles. The summed E-state index contributed by atoms with van der Waals surface area (Å²) in [5, 5.41) is 9.75. The van der Waals surface area contributed by atoms with E-state index in [4.69, 9.17) is 28.5 Å². The van der Waals surface area contributed by atoms with Crippen LogP contribution in [0.5, 0.6) is 0 Å². The SMILES string of the molecule is N#Cc1ccc(F)c(CSc2ccc(Cl)c(Cl)c2)c1. The summed E-state index contributed by atoms with van der Waals surface area (Å²) in [7, 11) is 0. The molecular formula is C14H8Cl2FNS. The molecule has 0 spiro atoms. The number of rotatable bonds is 3. The van der Waals surface area contributed by atoms with Crippen LogP contribution in [0.15, 0.2) is 41.3 Å². The molecule has 0 amide bonds. The number of nitriles is 1.